The lowest BCUT2D eigenvalue weighted by Crippen LogP contribution is -2.22. The number of carbonyl (C=O) groups is 1. The monoisotopic (exact) mass is 262 g/mol. The minimum absolute atomic E-state index is 0.0875. The normalized spacial score (nSPS) is 10.5. The van der Waals surface area contributed by atoms with Crippen molar-refractivity contribution in [3.8, 4) is 11.5 Å². The molecule has 0 unspecified atom stereocenters. The van der Waals surface area contributed by atoms with Crippen molar-refractivity contribution >= 4 is 5.91 Å². The summed E-state index contributed by atoms with van der Waals surface area (Å²) in [7, 11) is 0. The molecule has 0 bridgehead atoms. The van der Waals surface area contributed by atoms with Gasteiger partial charge in [-0.3, -0.25) is 4.79 Å². The first kappa shape index (κ1) is 13.3. The maximum Gasteiger partial charge on any atom is 0.229 e. The van der Waals surface area contributed by atoms with E-state index >= 15 is 0 Å². The number of aromatic nitrogens is 1. The average molecular weight is 262 g/mol. The Morgan fingerprint density at radius 1 is 1.42 bits per heavy atom. The number of nitrogens with one attached hydrogen (secondary N) is 1. The van der Waals surface area contributed by atoms with Crippen molar-refractivity contribution in [1.29, 1.82) is 0 Å². The topological polar surface area (TPSA) is 55.1 Å². The SMILES string of the molecule is CC(=O)NCCc1nc(-c2ccccc2F)oc1C. The average Bonchev–Trinajstić information content (AvgIpc) is 2.71. The van der Waals surface area contributed by atoms with E-state index < -0.39 is 0 Å². The second-order valence-electron chi connectivity index (χ2n) is 4.23. The molecule has 1 N–H and O–H groups in total. The van der Waals surface area contributed by atoms with Gasteiger partial charge < -0.3 is 9.73 Å². The van der Waals surface area contributed by atoms with E-state index in [1.807, 2.05) is 0 Å². The third kappa shape index (κ3) is 3.19. The molecular weight excluding hydrogens is 247 g/mol. The van der Waals surface area contributed by atoms with E-state index in [1.165, 1.54) is 13.0 Å². The van der Waals surface area contributed by atoms with E-state index in [2.05, 4.69) is 10.3 Å². The van der Waals surface area contributed by atoms with Gasteiger partial charge >= 0.3 is 0 Å². The van der Waals surface area contributed by atoms with Gasteiger partial charge in [0.2, 0.25) is 11.8 Å². The van der Waals surface area contributed by atoms with Crippen molar-refractivity contribution in [1.82, 2.24) is 10.3 Å². The Labute approximate surface area is 110 Å². The zero-order valence-corrected chi connectivity index (χ0v) is 10.9. The second-order valence-corrected chi connectivity index (χ2v) is 4.23. The van der Waals surface area contributed by atoms with Gasteiger partial charge in [0.05, 0.1) is 11.3 Å². The number of oxazole rings is 1. The van der Waals surface area contributed by atoms with E-state index in [-0.39, 0.29) is 17.6 Å². The summed E-state index contributed by atoms with van der Waals surface area (Å²) < 4.78 is 19.1. The molecule has 100 valence electrons. The Hall–Kier alpha value is -2.17. The van der Waals surface area contributed by atoms with Crippen molar-refractivity contribution < 1.29 is 13.6 Å². The van der Waals surface area contributed by atoms with E-state index in [9.17, 15) is 9.18 Å². The number of rotatable bonds is 4. The van der Waals surface area contributed by atoms with Gasteiger partial charge in [-0.25, -0.2) is 9.37 Å². The zero-order chi connectivity index (χ0) is 13.8. The highest BCUT2D eigenvalue weighted by molar-refractivity contribution is 5.72. The summed E-state index contributed by atoms with van der Waals surface area (Å²) >= 11 is 0. The third-order valence-corrected chi connectivity index (χ3v) is 2.73. The molecule has 0 fully saturated rings. The van der Waals surface area contributed by atoms with Crippen molar-refractivity contribution in [2.45, 2.75) is 20.3 Å². The van der Waals surface area contributed by atoms with Gasteiger partial charge in [-0.05, 0) is 19.1 Å². The maximum absolute atomic E-state index is 13.6. The van der Waals surface area contributed by atoms with E-state index in [0.717, 1.165) is 5.69 Å². The number of amides is 1. The van der Waals surface area contributed by atoms with Crippen LogP contribution in [0, 0.1) is 12.7 Å². The van der Waals surface area contributed by atoms with Gasteiger partial charge in [-0.1, -0.05) is 12.1 Å². The second kappa shape index (κ2) is 5.65. The van der Waals surface area contributed by atoms with Crippen LogP contribution in [0.15, 0.2) is 28.7 Å². The van der Waals surface area contributed by atoms with Gasteiger partial charge in [-0.2, -0.15) is 0 Å². The van der Waals surface area contributed by atoms with Crippen LogP contribution >= 0.6 is 0 Å². The van der Waals surface area contributed by atoms with Crippen molar-refractivity contribution in [2.24, 2.45) is 0 Å². The Morgan fingerprint density at radius 2 is 2.16 bits per heavy atom. The van der Waals surface area contributed by atoms with Gasteiger partial charge in [0, 0.05) is 19.9 Å². The highest BCUT2D eigenvalue weighted by Gasteiger charge is 2.14. The van der Waals surface area contributed by atoms with Gasteiger partial charge in [0.15, 0.2) is 0 Å². The Kier molecular flexibility index (Phi) is 3.94. The number of benzene rings is 1. The molecule has 0 aliphatic carbocycles. The largest absolute Gasteiger partial charge is 0.441 e. The molecule has 1 aromatic carbocycles. The fourth-order valence-electron chi connectivity index (χ4n) is 1.77. The fraction of sp³-hybridized carbons (Fsp3) is 0.286. The first-order valence-electron chi connectivity index (χ1n) is 6.03. The lowest BCUT2D eigenvalue weighted by Gasteiger charge is -1.98. The molecule has 4 nitrogen and oxygen atoms in total. The van der Waals surface area contributed by atoms with Crippen LogP contribution in [0.25, 0.3) is 11.5 Å². The quantitative estimate of drug-likeness (QED) is 0.920. The minimum Gasteiger partial charge on any atom is -0.441 e. The molecule has 1 aromatic heterocycles. The molecule has 0 spiro atoms. The number of halogens is 1. The highest BCUT2D eigenvalue weighted by Crippen LogP contribution is 2.24. The summed E-state index contributed by atoms with van der Waals surface area (Å²) in [6, 6.07) is 6.34. The number of nitrogens with zero attached hydrogens (tertiary/aromatic N) is 1. The zero-order valence-electron chi connectivity index (χ0n) is 10.9. The van der Waals surface area contributed by atoms with Crippen molar-refractivity contribution in [3.05, 3.63) is 41.5 Å². The first-order chi connectivity index (χ1) is 9.08. The predicted molar refractivity (Wildman–Crippen MR) is 69.0 cm³/mol. The van der Waals surface area contributed by atoms with Crippen LogP contribution in [-0.4, -0.2) is 17.4 Å². The lowest BCUT2D eigenvalue weighted by atomic mass is 10.2. The van der Waals surface area contributed by atoms with E-state index in [0.29, 0.717) is 24.3 Å². The molecule has 0 atom stereocenters. The van der Waals surface area contributed by atoms with Crippen LogP contribution < -0.4 is 5.32 Å². The summed E-state index contributed by atoms with van der Waals surface area (Å²) in [5.41, 5.74) is 1.07. The van der Waals surface area contributed by atoms with Crippen LogP contribution in [0.3, 0.4) is 0 Å². The number of hydrogen-bond donors (Lipinski definition) is 1. The van der Waals surface area contributed by atoms with Crippen LogP contribution in [0.5, 0.6) is 0 Å². The van der Waals surface area contributed by atoms with E-state index in [1.54, 1.807) is 25.1 Å². The van der Waals surface area contributed by atoms with Crippen LogP contribution in [0.1, 0.15) is 18.4 Å². The van der Waals surface area contributed by atoms with Crippen molar-refractivity contribution in [2.75, 3.05) is 6.54 Å². The highest BCUT2D eigenvalue weighted by atomic mass is 19.1. The molecule has 5 heteroatoms. The molecule has 0 aliphatic rings. The summed E-state index contributed by atoms with van der Waals surface area (Å²) in [5, 5.41) is 2.69. The molecule has 0 saturated carbocycles. The smallest absolute Gasteiger partial charge is 0.229 e. The van der Waals surface area contributed by atoms with Crippen molar-refractivity contribution in [3.63, 3.8) is 0 Å². The predicted octanol–water partition coefficient (Wildman–Crippen LogP) is 2.47. The summed E-state index contributed by atoms with van der Waals surface area (Å²) in [5.74, 6) is 0.463. The molecule has 0 aliphatic heterocycles. The van der Waals surface area contributed by atoms with Crippen LogP contribution in [0.4, 0.5) is 4.39 Å². The van der Waals surface area contributed by atoms with E-state index in [4.69, 9.17) is 4.42 Å². The molecule has 1 heterocycles. The Morgan fingerprint density at radius 3 is 2.84 bits per heavy atom. The van der Waals surface area contributed by atoms with Gasteiger partial charge in [-0.15, -0.1) is 0 Å². The molecule has 0 radical (unpaired) electrons. The molecule has 19 heavy (non-hydrogen) atoms. The maximum atomic E-state index is 13.6. The number of hydrogen-bond acceptors (Lipinski definition) is 3. The van der Waals surface area contributed by atoms with Crippen LogP contribution in [-0.2, 0) is 11.2 Å². The standard InChI is InChI=1S/C14H15FN2O2/c1-9-13(7-8-16-10(2)18)17-14(19-9)11-5-3-4-6-12(11)15/h3-6H,7-8H2,1-2H3,(H,16,18). The number of carbonyl (C=O) groups excluding carboxylic acids is 1. The Bertz CT molecular complexity index is 593. The number of aryl methyl sites for hydroxylation is 1. The lowest BCUT2D eigenvalue weighted by molar-refractivity contribution is -0.118. The minimum atomic E-state index is -0.364. The first-order valence-corrected chi connectivity index (χ1v) is 6.03. The van der Waals surface area contributed by atoms with Gasteiger partial charge in [0.25, 0.3) is 0 Å². The summed E-state index contributed by atoms with van der Waals surface area (Å²) in [4.78, 5) is 15.1. The molecular formula is C14H15FN2O2. The molecule has 2 aromatic rings. The molecule has 1 amide bonds. The van der Waals surface area contributed by atoms with Gasteiger partial charge in [0.1, 0.15) is 11.6 Å². The molecule has 0 saturated heterocycles. The molecule has 2 rings (SSSR count). The van der Waals surface area contributed by atoms with Crippen LogP contribution in [0.2, 0.25) is 0 Å². The fourth-order valence-corrected chi connectivity index (χ4v) is 1.77. The summed E-state index contributed by atoms with van der Waals surface area (Å²) in [6.07, 6.45) is 0.559. The Balaban J connectivity index is 2.17. The third-order valence-electron chi connectivity index (χ3n) is 2.73. The summed E-state index contributed by atoms with van der Waals surface area (Å²) in [6.45, 7) is 3.72.